The highest BCUT2D eigenvalue weighted by molar-refractivity contribution is 6.24. The molecule has 0 spiro atoms. The van der Waals surface area contributed by atoms with Gasteiger partial charge in [-0.3, -0.25) is 4.79 Å². The number of benzene rings is 1. The molecule has 0 aliphatic carbocycles. The number of hydrogen-bond acceptors (Lipinski definition) is 5. The third kappa shape index (κ3) is 4.96. The molecule has 1 aromatic carbocycles. The minimum absolute atomic E-state index is 0.0125. The van der Waals surface area contributed by atoms with Gasteiger partial charge in [0.1, 0.15) is 11.3 Å². The molecule has 1 aromatic rings. The van der Waals surface area contributed by atoms with Crippen molar-refractivity contribution in [3.05, 3.63) is 59.4 Å². The van der Waals surface area contributed by atoms with Gasteiger partial charge in [-0.05, 0) is 72.0 Å². The SMILES string of the molecule is CC1(C)CCCC(C)(C)N1OC(=O)/C(=C/C1=CCCCO1)C(=O)c1ccccc1. The molecule has 2 aliphatic heterocycles. The average molecular weight is 398 g/mol. The molecule has 0 aromatic heterocycles. The van der Waals surface area contributed by atoms with Gasteiger partial charge in [-0.15, -0.1) is 5.06 Å². The molecule has 1 saturated heterocycles. The second-order valence-corrected chi connectivity index (χ2v) is 9.00. The Hall–Kier alpha value is -2.40. The second-order valence-electron chi connectivity index (χ2n) is 9.00. The number of ketones is 1. The molecular weight excluding hydrogens is 366 g/mol. The standard InChI is InChI=1S/C24H31NO4/c1-23(2)14-10-15-24(3,4)25(23)29-22(27)20(17-19-13-8-9-16-28-19)21(26)18-11-6-5-7-12-18/h5-7,11-13,17H,8-10,14-16H2,1-4H3/b20-17+. The van der Waals surface area contributed by atoms with Crippen molar-refractivity contribution in [3.63, 3.8) is 0 Å². The van der Waals surface area contributed by atoms with Gasteiger partial charge >= 0.3 is 5.97 Å². The number of ether oxygens (including phenoxy) is 1. The summed E-state index contributed by atoms with van der Waals surface area (Å²) in [6.07, 6.45) is 8.14. The van der Waals surface area contributed by atoms with E-state index in [4.69, 9.17) is 9.57 Å². The molecule has 29 heavy (non-hydrogen) atoms. The van der Waals surface area contributed by atoms with Crippen LogP contribution in [0.2, 0.25) is 0 Å². The van der Waals surface area contributed by atoms with Crippen LogP contribution in [0.5, 0.6) is 0 Å². The van der Waals surface area contributed by atoms with Crippen molar-refractivity contribution >= 4 is 11.8 Å². The van der Waals surface area contributed by atoms with Crippen LogP contribution in [0.15, 0.2) is 53.8 Å². The molecule has 2 aliphatic rings. The Bertz CT molecular complexity index is 805. The van der Waals surface area contributed by atoms with E-state index in [0.29, 0.717) is 17.9 Å². The monoisotopic (exact) mass is 397 g/mol. The average Bonchev–Trinajstić information content (AvgIpc) is 2.69. The van der Waals surface area contributed by atoms with Crippen molar-refractivity contribution in [1.29, 1.82) is 0 Å². The summed E-state index contributed by atoms with van der Waals surface area (Å²) in [7, 11) is 0. The molecule has 0 radical (unpaired) electrons. The first-order valence-electron chi connectivity index (χ1n) is 10.4. The number of allylic oxidation sites excluding steroid dienone is 2. The van der Waals surface area contributed by atoms with E-state index >= 15 is 0 Å². The molecule has 2 heterocycles. The molecule has 0 unspecified atom stereocenters. The van der Waals surface area contributed by atoms with Crippen molar-refractivity contribution in [3.8, 4) is 0 Å². The topological polar surface area (TPSA) is 55.8 Å². The van der Waals surface area contributed by atoms with Crippen LogP contribution in [0, 0.1) is 0 Å². The summed E-state index contributed by atoms with van der Waals surface area (Å²) in [5.74, 6) is -0.458. The van der Waals surface area contributed by atoms with E-state index in [1.165, 1.54) is 6.08 Å². The fourth-order valence-electron chi connectivity index (χ4n) is 4.14. The summed E-state index contributed by atoms with van der Waals surface area (Å²) in [5, 5.41) is 1.77. The van der Waals surface area contributed by atoms with Gasteiger partial charge in [-0.2, -0.15) is 0 Å². The lowest BCUT2D eigenvalue weighted by Crippen LogP contribution is -2.59. The molecule has 0 atom stereocenters. The van der Waals surface area contributed by atoms with Gasteiger partial charge in [0.15, 0.2) is 0 Å². The lowest BCUT2D eigenvalue weighted by Gasteiger charge is -2.50. The van der Waals surface area contributed by atoms with E-state index in [1.54, 1.807) is 29.3 Å². The summed E-state index contributed by atoms with van der Waals surface area (Å²) in [6.45, 7) is 8.84. The van der Waals surface area contributed by atoms with Crippen molar-refractivity contribution in [1.82, 2.24) is 5.06 Å². The Balaban J connectivity index is 1.93. The van der Waals surface area contributed by atoms with Gasteiger partial charge in [0.25, 0.3) is 0 Å². The van der Waals surface area contributed by atoms with E-state index in [9.17, 15) is 9.59 Å². The number of hydroxylamine groups is 2. The summed E-state index contributed by atoms with van der Waals surface area (Å²) in [4.78, 5) is 32.3. The van der Waals surface area contributed by atoms with Crippen LogP contribution >= 0.6 is 0 Å². The molecule has 1 fully saturated rings. The summed E-state index contributed by atoms with van der Waals surface area (Å²) in [5.41, 5.74) is -0.177. The Morgan fingerprint density at radius 3 is 2.28 bits per heavy atom. The van der Waals surface area contributed by atoms with Crippen molar-refractivity contribution in [2.75, 3.05) is 6.61 Å². The molecule has 5 heteroatoms. The highest BCUT2D eigenvalue weighted by Gasteiger charge is 2.45. The predicted octanol–water partition coefficient (Wildman–Crippen LogP) is 4.99. The third-order valence-corrected chi connectivity index (χ3v) is 5.60. The summed E-state index contributed by atoms with van der Waals surface area (Å²) >= 11 is 0. The normalized spacial score (nSPS) is 21.7. The largest absolute Gasteiger partial charge is 0.494 e. The molecule has 0 bridgehead atoms. The van der Waals surface area contributed by atoms with Gasteiger partial charge < -0.3 is 9.57 Å². The zero-order valence-corrected chi connectivity index (χ0v) is 17.9. The number of carbonyl (C=O) groups is 2. The number of piperidine rings is 1. The minimum Gasteiger partial charge on any atom is -0.494 e. The number of carbonyl (C=O) groups excluding carboxylic acids is 2. The second kappa shape index (κ2) is 8.54. The fourth-order valence-corrected chi connectivity index (χ4v) is 4.14. The van der Waals surface area contributed by atoms with E-state index in [-0.39, 0.29) is 22.4 Å². The van der Waals surface area contributed by atoms with Crippen molar-refractivity contribution in [2.45, 2.75) is 70.9 Å². The van der Waals surface area contributed by atoms with Crippen LogP contribution in [0.25, 0.3) is 0 Å². The number of rotatable bonds is 5. The van der Waals surface area contributed by atoms with E-state index in [1.807, 2.05) is 12.1 Å². The Labute approximate surface area is 173 Å². The summed E-state index contributed by atoms with van der Waals surface area (Å²) < 4.78 is 5.63. The van der Waals surface area contributed by atoms with Gasteiger partial charge in [-0.25, -0.2) is 4.79 Å². The van der Waals surface area contributed by atoms with Crippen LogP contribution < -0.4 is 0 Å². The maximum absolute atomic E-state index is 13.2. The van der Waals surface area contributed by atoms with Crippen LogP contribution in [0.1, 0.15) is 70.2 Å². The fraction of sp³-hybridized carbons (Fsp3) is 0.500. The van der Waals surface area contributed by atoms with E-state index < -0.39 is 5.97 Å². The number of hydrogen-bond donors (Lipinski definition) is 0. The Morgan fingerprint density at radius 2 is 1.69 bits per heavy atom. The molecule has 0 N–H and O–H groups in total. The quantitative estimate of drug-likeness (QED) is 0.303. The molecule has 0 amide bonds. The maximum atomic E-state index is 13.2. The van der Waals surface area contributed by atoms with Crippen LogP contribution in [-0.2, 0) is 14.4 Å². The van der Waals surface area contributed by atoms with E-state index in [2.05, 4.69) is 27.7 Å². The zero-order valence-electron chi connectivity index (χ0n) is 17.9. The van der Waals surface area contributed by atoms with Crippen LogP contribution in [-0.4, -0.2) is 34.5 Å². The smallest absolute Gasteiger partial charge is 0.361 e. The molecule has 0 saturated carbocycles. The van der Waals surface area contributed by atoms with Gasteiger partial charge in [0.05, 0.1) is 17.7 Å². The van der Waals surface area contributed by atoms with E-state index in [0.717, 1.165) is 32.1 Å². The third-order valence-electron chi connectivity index (χ3n) is 5.60. The molecular formula is C24H31NO4. The van der Waals surface area contributed by atoms with Crippen LogP contribution in [0.4, 0.5) is 0 Å². The van der Waals surface area contributed by atoms with Gasteiger partial charge in [0.2, 0.25) is 5.78 Å². The maximum Gasteiger partial charge on any atom is 0.361 e. The zero-order chi connectivity index (χ0) is 21.1. The molecule has 3 rings (SSSR count). The Kier molecular flexibility index (Phi) is 6.27. The lowest BCUT2D eigenvalue weighted by atomic mass is 9.82. The first kappa shape index (κ1) is 21.3. The van der Waals surface area contributed by atoms with Gasteiger partial charge in [0, 0.05) is 5.56 Å². The van der Waals surface area contributed by atoms with Crippen molar-refractivity contribution < 1.29 is 19.2 Å². The lowest BCUT2D eigenvalue weighted by molar-refractivity contribution is -0.262. The highest BCUT2D eigenvalue weighted by atomic mass is 16.7. The van der Waals surface area contributed by atoms with Crippen molar-refractivity contribution in [2.24, 2.45) is 0 Å². The Morgan fingerprint density at radius 1 is 1.03 bits per heavy atom. The molecule has 156 valence electrons. The van der Waals surface area contributed by atoms with Gasteiger partial charge in [-0.1, -0.05) is 30.3 Å². The summed E-state index contributed by atoms with van der Waals surface area (Å²) in [6, 6.07) is 8.81. The molecule has 5 nitrogen and oxygen atoms in total. The number of Topliss-reactive ketones (excluding diaryl/α,β-unsaturated/α-hetero) is 1. The predicted molar refractivity (Wildman–Crippen MR) is 112 cm³/mol. The first-order chi connectivity index (χ1) is 13.7. The number of nitrogens with zero attached hydrogens (tertiary/aromatic N) is 1. The minimum atomic E-state index is -0.642. The highest BCUT2D eigenvalue weighted by Crippen LogP contribution is 2.38. The van der Waals surface area contributed by atoms with Crippen LogP contribution in [0.3, 0.4) is 0 Å². The first-order valence-corrected chi connectivity index (χ1v) is 10.4.